The van der Waals surface area contributed by atoms with Crippen LogP contribution in [0.3, 0.4) is 0 Å². The van der Waals surface area contributed by atoms with Gasteiger partial charge in [0.25, 0.3) is 0 Å². The molecule has 0 saturated carbocycles. The Morgan fingerprint density at radius 3 is 2.38 bits per heavy atom. The number of ether oxygens (including phenoxy) is 1. The zero-order valence-electron chi connectivity index (χ0n) is 12.6. The van der Waals surface area contributed by atoms with E-state index in [2.05, 4.69) is 10.6 Å². The minimum atomic E-state index is -0.891. The summed E-state index contributed by atoms with van der Waals surface area (Å²) in [5.41, 5.74) is 1.36. The molecule has 0 saturated heterocycles. The predicted octanol–water partition coefficient (Wildman–Crippen LogP) is 1.89. The highest BCUT2D eigenvalue weighted by Crippen LogP contribution is 2.08. The number of amides is 1. The number of nitrogens with one attached hydrogen (secondary N) is 2. The van der Waals surface area contributed by atoms with E-state index >= 15 is 0 Å². The molecule has 6 nitrogen and oxygen atoms in total. The summed E-state index contributed by atoms with van der Waals surface area (Å²) < 4.78 is 5.15. The van der Waals surface area contributed by atoms with Gasteiger partial charge < -0.3 is 20.5 Å². The molecule has 116 valence electrons. The Morgan fingerprint density at radius 2 is 1.81 bits per heavy atom. The Balaban J connectivity index is 2.45. The maximum absolute atomic E-state index is 11.6. The van der Waals surface area contributed by atoms with Crippen LogP contribution in [-0.4, -0.2) is 29.3 Å². The number of rotatable bonds is 6. The quantitative estimate of drug-likeness (QED) is 0.745. The van der Waals surface area contributed by atoms with Crippen LogP contribution in [0.1, 0.15) is 31.9 Å². The van der Waals surface area contributed by atoms with Crippen LogP contribution in [0.5, 0.6) is 0 Å². The summed E-state index contributed by atoms with van der Waals surface area (Å²) in [6.07, 6.45) is -0.461. The first-order valence-corrected chi connectivity index (χ1v) is 6.73. The number of hydrogen-bond donors (Lipinski definition) is 3. The van der Waals surface area contributed by atoms with E-state index in [4.69, 9.17) is 9.84 Å². The van der Waals surface area contributed by atoms with Gasteiger partial charge in [-0.25, -0.2) is 4.79 Å². The van der Waals surface area contributed by atoms with Gasteiger partial charge in [-0.15, -0.1) is 0 Å². The van der Waals surface area contributed by atoms with Crippen LogP contribution < -0.4 is 10.6 Å². The molecule has 1 aromatic rings. The monoisotopic (exact) mass is 294 g/mol. The molecule has 21 heavy (non-hydrogen) atoms. The Bertz CT molecular complexity index is 495. The lowest BCUT2D eigenvalue weighted by Crippen LogP contribution is -2.32. The van der Waals surface area contributed by atoms with Gasteiger partial charge in [0.15, 0.2) is 0 Å². The van der Waals surface area contributed by atoms with Crippen LogP contribution in [0.4, 0.5) is 4.79 Å². The molecule has 0 atom stereocenters. The van der Waals surface area contributed by atoms with E-state index in [1.54, 1.807) is 20.8 Å². The first-order valence-electron chi connectivity index (χ1n) is 6.73. The Morgan fingerprint density at radius 1 is 1.19 bits per heavy atom. The highest BCUT2D eigenvalue weighted by Gasteiger charge is 2.15. The van der Waals surface area contributed by atoms with Gasteiger partial charge in [-0.3, -0.25) is 4.79 Å². The minimum absolute atomic E-state index is 0.0830. The molecule has 0 aromatic heterocycles. The first-order chi connectivity index (χ1) is 9.76. The van der Waals surface area contributed by atoms with E-state index in [9.17, 15) is 9.59 Å². The maximum atomic E-state index is 11.6. The topological polar surface area (TPSA) is 87.7 Å². The Labute approximate surface area is 124 Å². The van der Waals surface area contributed by atoms with E-state index in [1.165, 1.54) is 0 Å². The lowest BCUT2D eigenvalue weighted by atomic mass is 10.1. The molecule has 0 aliphatic carbocycles. The molecule has 0 fully saturated rings. The fraction of sp³-hybridized carbons (Fsp3) is 0.467. The summed E-state index contributed by atoms with van der Waals surface area (Å²) in [6.45, 7) is 6.17. The van der Waals surface area contributed by atoms with Crippen LogP contribution in [0.25, 0.3) is 0 Å². The number of carboxylic acids is 1. The van der Waals surface area contributed by atoms with Crippen molar-refractivity contribution in [2.75, 3.05) is 6.54 Å². The van der Waals surface area contributed by atoms with Gasteiger partial charge in [0, 0.05) is 13.1 Å². The lowest BCUT2D eigenvalue weighted by molar-refractivity contribution is -0.136. The highest BCUT2D eigenvalue weighted by atomic mass is 16.6. The van der Waals surface area contributed by atoms with Crippen molar-refractivity contribution in [1.82, 2.24) is 10.6 Å². The van der Waals surface area contributed by atoms with Gasteiger partial charge in [-0.05, 0) is 31.9 Å². The van der Waals surface area contributed by atoms with Gasteiger partial charge in [0.05, 0.1) is 6.54 Å². The molecule has 0 heterocycles. The molecule has 0 aliphatic rings. The van der Waals surface area contributed by atoms with Crippen LogP contribution in [0, 0.1) is 0 Å². The molecule has 0 spiro atoms. The standard InChI is InChI=1S/C15H22N2O4/c1-15(2,3)21-14(20)17-9-12-6-4-5-11(7-12)8-16-10-13(18)19/h4-7,16H,8-10H2,1-3H3,(H,17,20)(H,18,19). The van der Waals surface area contributed by atoms with Crippen LogP contribution in [-0.2, 0) is 22.6 Å². The van der Waals surface area contributed by atoms with Crippen molar-refractivity contribution in [2.45, 2.75) is 39.5 Å². The van der Waals surface area contributed by atoms with Crippen molar-refractivity contribution >= 4 is 12.1 Å². The normalized spacial score (nSPS) is 11.0. The van der Waals surface area contributed by atoms with E-state index in [1.807, 2.05) is 24.3 Å². The number of alkyl carbamates (subject to hydrolysis) is 1. The summed E-state index contributed by atoms with van der Waals surface area (Å²) >= 11 is 0. The van der Waals surface area contributed by atoms with Gasteiger partial charge in [-0.1, -0.05) is 24.3 Å². The first kappa shape index (κ1) is 17.0. The van der Waals surface area contributed by atoms with Crippen LogP contribution in [0.2, 0.25) is 0 Å². The van der Waals surface area contributed by atoms with Gasteiger partial charge in [0.2, 0.25) is 0 Å². The molecule has 1 rings (SSSR count). The molecule has 3 N–H and O–H groups in total. The fourth-order valence-electron chi connectivity index (χ4n) is 1.65. The molecule has 0 radical (unpaired) electrons. The Kier molecular flexibility index (Phi) is 6.17. The molecule has 6 heteroatoms. The number of carbonyl (C=O) groups is 2. The number of benzene rings is 1. The summed E-state index contributed by atoms with van der Waals surface area (Å²) in [5.74, 6) is -0.891. The Hall–Kier alpha value is -2.08. The zero-order chi connectivity index (χ0) is 15.9. The van der Waals surface area contributed by atoms with Crippen LogP contribution in [0.15, 0.2) is 24.3 Å². The van der Waals surface area contributed by atoms with Crippen LogP contribution >= 0.6 is 0 Å². The van der Waals surface area contributed by atoms with E-state index in [0.29, 0.717) is 13.1 Å². The molecule has 0 aliphatic heterocycles. The summed E-state index contributed by atoms with van der Waals surface area (Å²) in [7, 11) is 0. The van der Waals surface area contributed by atoms with Crippen molar-refractivity contribution in [3.05, 3.63) is 35.4 Å². The molecule has 1 amide bonds. The van der Waals surface area contributed by atoms with Gasteiger partial charge >= 0.3 is 12.1 Å². The van der Waals surface area contributed by atoms with Gasteiger partial charge in [-0.2, -0.15) is 0 Å². The second-order valence-electron chi connectivity index (χ2n) is 5.67. The number of aliphatic carboxylic acids is 1. The van der Waals surface area contributed by atoms with Crippen molar-refractivity contribution in [1.29, 1.82) is 0 Å². The zero-order valence-corrected chi connectivity index (χ0v) is 12.6. The largest absolute Gasteiger partial charge is 0.480 e. The van der Waals surface area contributed by atoms with Crippen molar-refractivity contribution in [3.8, 4) is 0 Å². The maximum Gasteiger partial charge on any atom is 0.407 e. The van der Waals surface area contributed by atoms with Gasteiger partial charge in [0.1, 0.15) is 5.60 Å². The van der Waals surface area contributed by atoms with Crippen molar-refractivity contribution in [3.63, 3.8) is 0 Å². The average molecular weight is 294 g/mol. The summed E-state index contributed by atoms with van der Waals surface area (Å²) in [4.78, 5) is 22.0. The minimum Gasteiger partial charge on any atom is -0.480 e. The van der Waals surface area contributed by atoms with Crippen molar-refractivity contribution in [2.24, 2.45) is 0 Å². The summed E-state index contributed by atoms with van der Waals surface area (Å²) in [5, 5.41) is 14.1. The van der Waals surface area contributed by atoms with E-state index in [0.717, 1.165) is 11.1 Å². The third-order valence-electron chi connectivity index (χ3n) is 2.43. The molecule has 0 unspecified atom stereocenters. The molecular formula is C15H22N2O4. The highest BCUT2D eigenvalue weighted by molar-refractivity contribution is 5.69. The second-order valence-corrected chi connectivity index (χ2v) is 5.67. The molecule has 1 aromatic carbocycles. The fourth-order valence-corrected chi connectivity index (χ4v) is 1.65. The number of carbonyl (C=O) groups excluding carboxylic acids is 1. The second kappa shape index (κ2) is 7.64. The lowest BCUT2D eigenvalue weighted by Gasteiger charge is -2.19. The third kappa shape index (κ3) is 7.94. The van der Waals surface area contributed by atoms with E-state index < -0.39 is 17.7 Å². The molecule has 0 bridgehead atoms. The third-order valence-corrected chi connectivity index (χ3v) is 2.43. The SMILES string of the molecule is CC(C)(C)OC(=O)NCc1cccc(CNCC(=O)O)c1. The summed E-state index contributed by atoms with van der Waals surface area (Å²) in [6, 6.07) is 7.56. The average Bonchev–Trinajstić information content (AvgIpc) is 2.34. The number of hydrogen-bond acceptors (Lipinski definition) is 4. The smallest absolute Gasteiger partial charge is 0.407 e. The van der Waals surface area contributed by atoms with E-state index in [-0.39, 0.29) is 6.54 Å². The number of carboxylic acid groups (broad SMARTS) is 1. The van der Waals surface area contributed by atoms with Crippen molar-refractivity contribution < 1.29 is 19.4 Å². The predicted molar refractivity (Wildman–Crippen MR) is 78.9 cm³/mol. The molecular weight excluding hydrogens is 272 g/mol.